The molecule has 0 spiro atoms. The van der Waals surface area contributed by atoms with Crippen molar-refractivity contribution >= 4 is 21.4 Å². The summed E-state index contributed by atoms with van der Waals surface area (Å²) in [4.78, 5) is 2.46. The molecule has 1 saturated heterocycles. The zero-order valence-corrected chi connectivity index (χ0v) is 15.7. The quantitative estimate of drug-likeness (QED) is 0.883. The molecule has 0 radical (unpaired) electrons. The molecule has 1 fully saturated rings. The number of hydrogen-bond donors (Lipinski definition) is 1. The van der Waals surface area contributed by atoms with Crippen LogP contribution in [-0.4, -0.2) is 28.6 Å². The van der Waals surface area contributed by atoms with Crippen LogP contribution in [0.25, 0.3) is 0 Å². The Morgan fingerprint density at radius 3 is 2.20 bits per heavy atom. The average molecular weight is 360 g/mol. The fourth-order valence-electron chi connectivity index (χ4n) is 3.06. The van der Waals surface area contributed by atoms with Gasteiger partial charge in [-0.1, -0.05) is 0 Å². The second kappa shape index (κ2) is 6.96. The van der Waals surface area contributed by atoms with Crippen molar-refractivity contribution in [2.45, 2.75) is 31.6 Å². The van der Waals surface area contributed by atoms with Crippen LogP contribution in [0.5, 0.6) is 5.75 Å². The maximum absolute atomic E-state index is 12.8. The van der Waals surface area contributed by atoms with E-state index in [2.05, 4.69) is 9.62 Å². The van der Waals surface area contributed by atoms with Crippen LogP contribution in [0.1, 0.15) is 24.0 Å². The van der Waals surface area contributed by atoms with Crippen LogP contribution in [0, 0.1) is 13.8 Å². The van der Waals surface area contributed by atoms with E-state index in [4.69, 9.17) is 4.74 Å². The Morgan fingerprint density at radius 2 is 1.60 bits per heavy atom. The van der Waals surface area contributed by atoms with Gasteiger partial charge in [-0.05, 0) is 74.2 Å². The highest BCUT2D eigenvalue weighted by Crippen LogP contribution is 2.29. The predicted octanol–water partition coefficient (Wildman–Crippen LogP) is 3.71. The van der Waals surface area contributed by atoms with E-state index in [-0.39, 0.29) is 4.90 Å². The molecule has 134 valence electrons. The molecule has 25 heavy (non-hydrogen) atoms. The van der Waals surface area contributed by atoms with Crippen molar-refractivity contribution in [2.24, 2.45) is 0 Å². The topological polar surface area (TPSA) is 58.6 Å². The van der Waals surface area contributed by atoms with Crippen molar-refractivity contribution in [1.29, 1.82) is 0 Å². The van der Waals surface area contributed by atoms with Crippen molar-refractivity contribution in [1.82, 2.24) is 0 Å². The molecule has 2 aromatic carbocycles. The van der Waals surface area contributed by atoms with Gasteiger partial charge in [0.15, 0.2) is 0 Å². The van der Waals surface area contributed by atoms with Gasteiger partial charge in [0, 0.05) is 24.5 Å². The number of aryl methyl sites for hydroxylation is 2. The van der Waals surface area contributed by atoms with Crippen molar-refractivity contribution in [2.75, 3.05) is 29.8 Å². The molecule has 6 heteroatoms. The van der Waals surface area contributed by atoms with Gasteiger partial charge in [-0.2, -0.15) is 0 Å². The van der Waals surface area contributed by atoms with Crippen LogP contribution < -0.4 is 14.4 Å². The summed E-state index contributed by atoms with van der Waals surface area (Å²) in [5.41, 5.74) is 3.57. The summed E-state index contributed by atoms with van der Waals surface area (Å²) in [6.07, 6.45) is 2.42. The minimum Gasteiger partial charge on any atom is -0.495 e. The molecule has 2 aromatic rings. The Morgan fingerprint density at radius 1 is 1.00 bits per heavy atom. The summed E-state index contributed by atoms with van der Waals surface area (Å²) in [7, 11) is -2.24. The predicted molar refractivity (Wildman–Crippen MR) is 101 cm³/mol. The van der Waals surface area contributed by atoms with E-state index in [1.165, 1.54) is 20.0 Å². The second-order valence-electron chi connectivity index (χ2n) is 6.43. The van der Waals surface area contributed by atoms with Gasteiger partial charge in [0.25, 0.3) is 10.0 Å². The smallest absolute Gasteiger partial charge is 0.265 e. The largest absolute Gasteiger partial charge is 0.495 e. The molecule has 3 rings (SSSR count). The summed E-state index contributed by atoms with van der Waals surface area (Å²) in [5, 5.41) is 0. The third-order valence-electron chi connectivity index (χ3n) is 4.66. The van der Waals surface area contributed by atoms with Gasteiger partial charge >= 0.3 is 0 Å². The Labute approximate surface area is 149 Å². The van der Waals surface area contributed by atoms with Crippen molar-refractivity contribution in [3.63, 3.8) is 0 Å². The molecule has 0 amide bonds. The molecule has 5 nitrogen and oxygen atoms in total. The number of ether oxygens (including phenoxy) is 1. The van der Waals surface area contributed by atoms with Crippen LogP contribution in [0.15, 0.2) is 41.3 Å². The van der Waals surface area contributed by atoms with E-state index in [9.17, 15) is 8.42 Å². The molecule has 0 unspecified atom stereocenters. The molecule has 0 atom stereocenters. The van der Waals surface area contributed by atoms with Gasteiger partial charge in [0.05, 0.1) is 7.11 Å². The number of nitrogens with zero attached hydrogens (tertiary/aromatic N) is 1. The van der Waals surface area contributed by atoms with Crippen molar-refractivity contribution in [3.05, 3.63) is 47.5 Å². The lowest BCUT2D eigenvalue weighted by Gasteiger charge is -2.18. The number of nitrogens with one attached hydrogen (secondary N) is 1. The van der Waals surface area contributed by atoms with Crippen LogP contribution in [0.3, 0.4) is 0 Å². The lowest BCUT2D eigenvalue weighted by Crippen LogP contribution is -2.18. The number of methoxy groups -OCH3 is 1. The number of benzene rings is 2. The first kappa shape index (κ1) is 17.6. The zero-order chi connectivity index (χ0) is 18.0. The van der Waals surface area contributed by atoms with Crippen LogP contribution in [-0.2, 0) is 10.0 Å². The Kier molecular flexibility index (Phi) is 4.90. The second-order valence-corrected chi connectivity index (χ2v) is 8.08. The Bertz CT molecular complexity index is 855. The normalized spacial score (nSPS) is 14.6. The molecule has 0 aromatic heterocycles. The molecular formula is C19H24N2O3S. The van der Waals surface area contributed by atoms with Crippen molar-refractivity contribution < 1.29 is 13.2 Å². The number of anilines is 2. The van der Waals surface area contributed by atoms with Gasteiger partial charge in [0.1, 0.15) is 10.6 Å². The lowest BCUT2D eigenvalue weighted by atomic mass is 10.1. The molecule has 0 bridgehead atoms. The maximum Gasteiger partial charge on any atom is 0.265 e. The number of sulfonamides is 1. The van der Waals surface area contributed by atoms with Gasteiger partial charge in [-0.3, -0.25) is 4.72 Å². The summed E-state index contributed by atoms with van der Waals surface area (Å²) in [6, 6.07) is 10.9. The standard InChI is InChI=1S/C19H24N2O3S/c1-14-12-18(24-3)19(13-15(14)2)25(22,23)20-16-6-8-17(9-7-16)21-10-4-5-11-21/h6-9,12-13,20H,4-5,10-11H2,1-3H3. The third kappa shape index (κ3) is 3.74. The highest BCUT2D eigenvalue weighted by atomic mass is 32.2. The third-order valence-corrected chi connectivity index (χ3v) is 6.06. The fourth-order valence-corrected chi connectivity index (χ4v) is 4.35. The summed E-state index contributed by atoms with van der Waals surface area (Å²) in [6.45, 7) is 5.94. The molecule has 0 aliphatic carbocycles. The molecule has 1 aliphatic heterocycles. The van der Waals surface area contributed by atoms with E-state index in [0.29, 0.717) is 11.4 Å². The van der Waals surface area contributed by atoms with E-state index in [0.717, 1.165) is 29.9 Å². The summed E-state index contributed by atoms with van der Waals surface area (Å²) >= 11 is 0. The van der Waals surface area contributed by atoms with Crippen LogP contribution in [0.4, 0.5) is 11.4 Å². The van der Waals surface area contributed by atoms with E-state index >= 15 is 0 Å². The fraction of sp³-hybridized carbons (Fsp3) is 0.368. The highest BCUT2D eigenvalue weighted by molar-refractivity contribution is 7.92. The average Bonchev–Trinajstić information content (AvgIpc) is 3.11. The first-order chi connectivity index (χ1) is 11.9. The van der Waals surface area contributed by atoms with Crippen LogP contribution >= 0.6 is 0 Å². The molecule has 1 heterocycles. The highest BCUT2D eigenvalue weighted by Gasteiger charge is 2.21. The SMILES string of the molecule is COc1cc(C)c(C)cc1S(=O)(=O)Nc1ccc(N2CCCC2)cc1. The number of hydrogen-bond acceptors (Lipinski definition) is 4. The maximum atomic E-state index is 12.8. The van der Waals surface area contributed by atoms with Crippen LogP contribution in [0.2, 0.25) is 0 Å². The lowest BCUT2D eigenvalue weighted by molar-refractivity contribution is 0.402. The minimum atomic E-state index is -3.72. The molecular weight excluding hydrogens is 336 g/mol. The Hall–Kier alpha value is -2.21. The van der Waals surface area contributed by atoms with E-state index < -0.39 is 10.0 Å². The van der Waals surface area contributed by atoms with Gasteiger partial charge in [-0.15, -0.1) is 0 Å². The molecule has 1 N–H and O–H groups in total. The summed E-state index contributed by atoms with van der Waals surface area (Å²) in [5.74, 6) is 0.351. The monoisotopic (exact) mass is 360 g/mol. The first-order valence-electron chi connectivity index (χ1n) is 8.44. The van der Waals surface area contributed by atoms with Gasteiger partial charge in [0.2, 0.25) is 0 Å². The zero-order valence-electron chi connectivity index (χ0n) is 14.9. The summed E-state index contributed by atoms with van der Waals surface area (Å²) < 4.78 is 33.5. The minimum absolute atomic E-state index is 0.154. The molecule has 0 saturated carbocycles. The number of rotatable bonds is 5. The van der Waals surface area contributed by atoms with Crippen molar-refractivity contribution in [3.8, 4) is 5.75 Å². The Balaban J connectivity index is 1.85. The van der Waals surface area contributed by atoms with Gasteiger partial charge in [-0.25, -0.2) is 8.42 Å². The molecule has 1 aliphatic rings. The van der Waals surface area contributed by atoms with E-state index in [1.54, 1.807) is 24.3 Å². The van der Waals surface area contributed by atoms with E-state index in [1.807, 2.05) is 26.0 Å². The first-order valence-corrected chi connectivity index (χ1v) is 9.92. The van der Waals surface area contributed by atoms with Gasteiger partial charge < -0.3 is 9.64 Å².